The van der Waals surface area contributed by atoms with Gasteiger partial charge in [-0.05, 0) is 24.5 Å². The fraction of sp³-hybridized carbons (Fsp3) is 0.235. The summed E-state index contributed by atoms with van der Waals surface area (Å²) in [5.41, 5.74) is 5.37. The van der Waals surface area contributed by atoms with Gasteiger partial charge in [-0.25, -0.2) is 0 Å². The molecule has 0 aliphatic heterocycles. The van der Waals surface area contributed by atoms with Crippen LogP contribution in [0, 0.1) is 17.0 Å². The van der Waals surface area contributed by atoms with Gasteiger partial charge in [0.15, 0.2) is 0 Å². The van der Waals surface area contributed by atoms with Crippen LogP contribution >= 0.6 is 0 Å². The number of aromatic nitrogens is 1. The van der Waals surface area contributed by atoms with Crippen LogP contribution in [0.1, 0.15) is 21.5 Å². The molecule has 136 valence electrons. The summed E-state index contributed by atoms with van der Waals surface area (Å²) in [6, 6.07) is 8.54. The maximum atomic E-state index is 12.1. The smallest absolute Gasteiger partial charge is 0.286 e. The SMILES string of the molecule is Cc1ccccc1CCNC(=O)Cn1cc([N+](=O)[O-])cc(C(N)=O)c1=O. The molecule has 9 heteroatoms. The van der Waals surface area contributed by atoms with Crippen LogP contribution in [0.3, 0.4) is 0 Å². The predicted molar refractivity (Wildman–Crippen MR) is 93.8 cm³/mol. The number of benzene rings is 1. The number of carbonyl (C=O) groups excluding carboxylic acids is 2. The average Bonchev–Trinajstić information content (AvgIpc) is 2.58. The Hall–Kier alpha value is -3.49. The van der Waals surface area contributed by atoms with Crippen molar-refractivity contribution in [1.29, 1.82) is 0 Å². The van der Waals surface area contributed by atoms with Gasteiger partial charge in [0.2, 0.25) is 5.91 Å². The summed E-state index contributed by atoms with van der Waals surface area (Å²) in [5.74, 6) is -1.59. The van der Waals surface area contributed by atoms with E-state index in [1.807, 2.05) is 31.2 Å². The van der Waals surface area contributed by atoms with E-state index < -0.39 is 40.1 Å². The lowest BCUT2D eigenvalue weighted by atomic mass is 10.1. The molecule has 2 aromatic rings. The highest BCUT2D eigenvalue weighted by atomic mass is 16.6. The molecule has 3 N–H and O–H groups in total. The van der Waals surface area contributed by atoms with Crippen LogP contribution in [-0.4, -0.2) is 27.8 Å². The number of amides is 2. The monoisotopic (exact) mass is 358 g/mol. The second kappa shape index (κ2) is 8.06. The number of nitrogens with two attached hydrogens (primary N) is 1. The van der Waals surface area contributed by atoms with Crippen molar-refractivity contribution < 1.29 is 14.5 Å². The first-order chi connectivity index (χ1) is 12.3. The zero-order valence-corrected chi connectivity index (χ0v) is 14.1. The van der Waals surface area contributed by atoms with Gasteiger partial charge in [-0.15, -0.1) is 0 Å². The Balaban J connectivity index is 2.08. The summed E-state index contributed by atoms with van der Waals surface area (Å²) in [5, 5.41) is 13.6. The molecule has 0 fully saturated rings. The molecule has 2 rings (SSSR count). The fourth-order valence-corrected chi connectivity index (χ4v) is 2.45. The third kappa shape index (κ3) is 4.53. The molecule has 1 aromatic carbocycles. The van der Waals surface area contributed by atoms with Crippen molar-refractivity contribution in [1.82, 2.24) is 9.88 Å². The Morgan fingerprint density at radius 1 is 1.31 bits per heavy atom. The quantitative estimate of drug-likeness (QED) is 0.549. The minimum Gasteiger partial charge on any atom is -0.365 e. The van der Waals surface area contributed by atoms with Crippen molar-refractivity contribution in [2.45, 2.75) is 19.9 Å². The average molecular weight is 358 g/mol. The number of nitrogens with one attached hydrogen (secondary N) is 1. The molecule has 0 unspecified atom stereocenters. The summed E-state index contributed by atoms with van der Waals surface area (Å²) in [4.78, 5) is 45.6. The van der Waals surface area contributed by atoms with Crippen LogP contribution < -0.4 is 16.6 Å². The molecule has 26 heavy (non-hydrogen) atoms. The van der Waals surface area contributed by atoms with Crippen molar-refractivity contribution >= 4 is 17.5 Å². The first-order valence-corrected chi connectivity index (χ1v) is 7.79. The Morgan fingerprint density at radius 2 is 2.00 bits per heavy atom. The largest absolute Gasteiger partial charge is 0.365 e. The molecule has 0 spiro atoms. The maximum Gasteiger partial charge on any atom is 0.286 e. The van der Waals surface area contributed by atoms with E-state index in [4.69, 9.17) is 5.73 Å². The first kappa shape index (κ1) is 18.8. The number of hydrogen-bond donors (Lipinski definition) is 2. The molecule has 0 aliphatic carbocycles. The van der Waals surface area contributed by atoms with E-state index in [1.54, 1.807) is 0 Å². The summed E-state index contributed by atoms with van der Waals surface area (Å²) >= 11 is 0. The van der Waals surface area contributed by atoms with Crippen molar-refractivity contribution in [3.05, 3.63) is 73.7 Å². The van der Waals surface area contributed by atoms with Crippen molar-refractivity contribution in [2.75, 3.05) is 6.54 Å². The standard InChI is InChI=1S/C17H18N4O5/c1-11-4-2-3-5-12(11)6-7-19-15(22)10-20-9-13(21(25)26)8-14(16(18)23)17(20)24/h2-5,8-9H,6-7,10H2,1H3,(H2,18,23)(H,19,22). The predicted octanol–water partition coefficient (Wildman–Crippen LogP) is 0.523. The van der Waals surface area contributed by atoms with Crippen LogP contribution in [0.4, 0.5) is 5.69 Å². The minimum absolute atomic E-state index is 0.343. The van der Waals surface area contributed by atoms with Crippen LogP contribution in [0.2, 0.25) is 0 Å². The van der Waals surface area contributed by atoms with E-state index >= 15 is 0 Å². The number of aryl methyl sites for hydroxylation is 1. The molecule has 0 saturated carbocycles. The van der Waals surface area contributed by atoms with Crippen molar-refractivity contribution in [3.63, 3.8) is 0 Å². The number of pyridine rings is 1. The van der Waals surface area contributed by atoms with Crippen molar-refractivity contribution in [2.24, 2.45) is 5.73 Å². The van der Waals surface area contributed by atoms with E-state index in [9.17, 15) is 24.5 Å². The van der Waals surface area contributed by atoms with Crippen LogP contribution in [0.15, 0.2) is 41.3 Å². The van der Waals surface area contributed by atoms with Gasteiger partial charge < -0.3 is 11.1 Å². The van der Waals surface area contributed by atoms with Gasteiger partial charge in [0, 0.05) is 12.6 Å². The van der Waals surface area contributed by atoms with E-state index in [2.05, 4.69) is 5.32 Å². The summed E-state index contributed by atoms with van der Waals surface area (Å²) < 4.78 is 0.807. The minimum atomic E-state index is -1.09. The van der Waals surface area contributed by atoms with E-state index in [-0.39, 0.29) is 0 Å². The Morgan fingerprint density at radius 3 is 2.62 bits per heavy atom. The lowest BCUT2D eigenvalue weighted by Crippen LogP contribution is -2.36. The normalized spacial score (nSPS) is 10.3. The Bertz CT molecular complexity index is 920. The zero-order valence-electron chi connectivity index (χ0n) is 14.1. The third-order valence-electron chi connectivity index (χ3n) is 3.84. The Kier molecular flexibility index (Phi) is 5.84. The molecule has 1 aromatic heterocycles. The number of carbonyl (C=O) groups is 2. The third-order valence-corrected chi connectivity index (χ3v) is 3.84. The van der Waals surface area contributed by atoms with Gasteiger partial charge in [-0.2, -0.15) is 0 Å². The second-order valence-corrected chi connectivity index (χ2v) is 5.69. The van der Waals surface area contributed by atoms with Gasteiger partial charge in [-0.3, -0.25) is 29.1 Å². The van der Waals surface area contributed by atoms with E-state index in [0.29, 0.717) is 13.0 Å². The zero-order chi connectivity index (χ0) is 19.3. The number of hydrogen-bond acceptors (Lipinski definition) is 5. The lowest BCUT2D eigenvalue weighted by molar-refractivity contribution is -0.385. The van der Waals surface area contributed by atoms with Crippen molar-refractivity contribution in [3.8, 4) is 0 Å². The van der Waals surface area contributed by atoms with Gasteiger partial charge in [-0.1, -0.05) is 24.3 Å². The van der Waals surface area contributed by atoms with Crippen LogP contribution in [0.5, 0.6) is 0 Å². The molecule has 0 atom stereocenters. The highest BCUT2D eigenvalue weighted by Crippen LogP contribution is 2.10. The number of primary amides is 1. The molecule has 9 nitrogen and oxygen atoms in total. The number of rotatable bonds is 7. The van der Waals surface area contributed by atoms with Crippen LogP contribution in [-0.2, 0) is 17.8 Å². The summed E-state index contributed by atoms with van der Waals surface area (Å²) in [6.07, 6.45) is 1.52. The Labute approximate surface area is 148 Å². The molecule has 1 heterocycles. The van der Waals surface area contributed by atoms with Gasteiger partial charge in [0.05, 0.1) is 11.1 Å². The number of nitrogens with zero attached hydrogens (tertiary/aromatic N) is 2. The molecule has 0 radical (unpaired) electrons. The molecule has 0 bridgehead atoms. The molecular weight excluding hydrogens is 340 g/mol. The first-order valence-electron chi connectivity index (χ1n) is 7.79. The molecule has 0 saturated heterocycles. The van der Waals surface area contributed by atoms with Gasteiger partial charge in [0.1, 0.15) is 12.1 Å². The highest BCUT2D eigenvalue weighted by Gasteiger charge is 2.18. The van der Waals surface area contributed by atoms with E-state index in [0.717, 1.165) is 28.0 Å². The fourth-order valence-electron chi connectivity index (χ4n) is 2.45. The lowest BCUT2D eigenvalue weighted by Gasteiger charge is -2.09. The van der Waals surface area contributed by atoms with Crippen LogP contribution in [0.25, 0.3) is 0 Å². The second-order valence-electron chi connectivity index (χ2n) is 5.69. The maximum absolute atomic E-state index is 12.1. The van der Waals surface area contributed by atoms with Gasteiger partial charge >= 0.3 is 0 Å². The molecular formula is C17H18N4O5. The molecule has 0 aliphatic rings. The molecule has 2 amide bonds. The highest BCUT2D eigenvalue weighted by molar-refractivity contribution is 5.93. The van der Waals surface area contributed by atoms with E-state index in [1.165, 1.54) is 0 Å². The summed E-state index contributed by atoms with van der Waals surface area (Å²) in [6.45, 7) is 1.86. The van der Waals surface area contributed by atoms with Gasteiger partial charge in [0.25, 0.3) is 17.2 Å². The summed E-state index contributed by atoms with van der Waals surface area (Å²) in [7, 11) is 0. The number of nitro groups is 1. The topological polar surface area (TPSA) is 137 Å².